The molecule has 5 heteroatoms. The number of hydrogen-bond donors (Lipinski definition) is 2. The van der Waals surface area contributed by atoms with E-state index in [1.807, 2.05) is 50.2 Å². The van der Waals surface area contributed by atoms with Crippen molar-refractivity contribution in [2.45, 2.75) is 27.7 Å². The molecule has 0 saturated carbocycles. The zero-order chi connectivity index (χ0) is 18.6. The third-order valence-electron chi connectivity index (χ3n) is 4.13. The van der Waals surface area contributed by atoms with Gasteiger partial charge in [-0.3, -0.25) is 9.59 Å². The van der Waals surface area contributed by atoms with Crippen LogP contribution in [0.15, 0.2) is 42.5 Å². The number of rotatable bonds is 5. The molecule has 2 aromatic carbocycles. The van der Waals surface area contributed by atoms with E-state index in [9.17, 15) is 9.59 Å². The van der Waals surface area contributed by atoms with Gasteiger partial charge in [0.15, 0.2) is 0 Å². The van der Waals surface area contributed by atoms with Gasteiger partial charge in [0, 0.05) is 5.69 Å². The first-order valence-corrected chi connectivity index (χ1v) is 8.09. The summed E-state index contributed by atoms with van der Waals surface area (Å²) < 4.78 is 5.27. The molecule has 0 unspecified atom stereocenters. The van der Waals surface area contributed by atoms with E-state index < -0.39 is 11.3 Å². The van der Waals surface area contributed by atoms with E-state index in [0.29, 0.717) is 17.1 Å². The molecule has 0 aliphatic rings. The number of anilines is 2. The SMILES string of the molecule is COc1ccc(C)cc1NC(=O)C(C)(C)C(=O)Nc1ccccc1C. The number of carbonyl (C=O) groups excluding carboxylic acids is 2. The lowest BCUT2D eigenvalue weighted by molar-refractivity contribution is -0.135. The predicted octanol–water partition coefficient (Wildman–Crippen LogP) is 3.92. The van der Waals surface area contributed by atoms with Crippen LogP contribution >= 0.6 is 0 Å². The standard InChI is InChI=1S/C20H24N2O3/c1-13-10-11-17(25-5)16(12-13)22-19(24)20(3,4)18(23)21-15-9-7-6-8-14(15)2/h6-12H,1-5H3,(H,21,23)(H,22,24). The molecule has 0 fully saturated rings. The van der Waals surface area contributed by atoms with Gasteiger partial charge in [-0.15, -0.1) is 0 Å². The fraction of sp³-hybridized carbons (Fsp3) is 0.300. The molecule has 2 rings (SSSR count). The van der Waals surface area contributed by atoms with Crippen molar-refractivity contribution >= 4 is 23.2 Å². The fourth-order valence-corrected chi connectivity index (χ4v) is 2.29. The normalized spacial score (nSPS) is 10.9. The molecule has 2 N–H and O–H groups in total. The lowest BCUT2D eigenvalue weighted by Crippen LogP contribution is -2.41. The molecule has 2 aromatic rings. The second-order valence-electron chi connectivity index (χ2n) is 6.55. The summed E-state index contributed by atoms with van der Waals surface area (Å²) >= 11 is 0. The number of benzene rings is 2. The van der Waals surface area contributed by atoms with E-state index in [-0.39, 0.29) is 5.91 Å². The van der Waals surface area contributed by atoms with Crippen LogP contribution in [0.2, 0.25) is 0 Å². The lowest BCUT2D eigenvalue weighted by atomic mass is 9.90. The van der Waals surface area contributed by atoms with Crippen LogP contribution in [-0.4, -0.2) is 18.9 Å². The average molecular weight is 340 g/mol. The summed E-state index contributed by atoms with van der Waals surface area (Å²) in [6.07, 6.45) is 0. The number of nitrogens with one attached hydrogen (secondary N) is 2. The highest BCUT2D eigenvalue weighted by atomic mass is 16.5. The summed E-state index contributed by atoms with van der Waals surface area (Å²) in [5.74, 6) is -0.220. The maximum absolute atomic E-state index is 12.7. The molecule has 0 aromatic heterocycles. The first kappa shape index (κ1) is 18.5. The zero-order valence-corrected chi connectivity index (χ0v) is 15.3. The monoisotopic (exact) mass is 340 g/mol. The number of para-hydroxylation sites is 1. The van der Waals surface area contributed by atoms with Crippen LogP contribution in [0.25, 0.3) is 0 Å². The Bertz CT molecular complexity index is 797. The average Bonchev–Trinajstić information content (AvgIpc) is 2.57. The highest BCUT2D eigenvalue weighted by Crippen LogP contribution is 2.28. The van der Waals surface area contributed by atoms with E-state index in [1.54, 1.807) is 19.9 Å². The van der Waals surface area contributed by atoms with Crippen molar-refractivity contribution < 1.29 is 14.3 Å². The molecule has 2 amide bonds. The molecule has 0 aliphatic heterocycles. The first-order chi connectivity index (χ1) is 11.8. The van der Waals surface area contributed by atoms with Crippen LogP contribution < -0.4 is 15.4 Å². The summed E-state index contributed by atoms with van der Waals surface area (Å²) in [7, 11) is 1.54. The number of methoxy groups -OCH3 is 1. The van der Waals surface area contributed by atoms with Crippen molar-refractivity contribution in [1.29, 1.82) is 0 Å². The van der Waals surface area contributed by atoms with Crippen LogP contribution in [0.3, 0.4) is 0 Å². The third kappa shape index (κ3) is 4.18. The quantitative estimate of drug-likeness (QED) is 0.811. The highest BCUT2D eigenvalue weighted by molar-refractivity contribution is 6.14. The minimum absolute atomic E-state index is 0.370. The van der Waals surface area contributed by atoms with Crippen LogP contribution in [0.1, 0.15) is 25.0 Å². The number of carbonyl (C=O) groups is 2. The van der Waals surface area contributed by atoms with Crippen molar-refractivity contribution in [3.63, 3.8) is 0 Å². The zero-order valence-electron chi connectivity index (χ0n) is 15.3. The Kier molecular flexibility index (Phi) is 5.47. The van der Waals surface area contributed by atoms with Crippen LogP contribution in [0.4, 0.5) is 11.4 Å². The van der Waals surface area contributed by atoms with Gasteiger partial charge in [-0.1, -0.05) is 24.3 Å². The smallest absolute Gasteiger partial charge is 0.239 e. The van der Waals surface area contributed by atoms with Crippen molar-refractivity contribution in [2.75, 3.05) is 17.7 Å². The molecule has 25 heavy (non-hydrogen) atoms. The van der Waals surface area contributed by atoms with Crippen LogP contribution in [0.5, 0.6) is 5.75 Å². The van der Waals surface area contributed by atoms with Crippen molar-refractivity contribution in [1.82, 2.24) is 0 Å². The van der Waals surface area contributed by atoms with Gasteiger partial charge in [0.25, 0.3) is 0 Å². The Hall–Kier alpha value is -2.82. The highest BCUT2D eigenvalue weighted by Gasteiger charge is 2.36. The van der Waals surface area contributed by atoms with Crippen molar-refractivity contribution in [3.05, 3.63) is 53.6 Å². The lowest BCUT2D eigenvalue weighted by Gasteiger charge is -2.24. The van der Waals surface area contributed by atoms with Gasteiger partial charge >= 0.3 is 0 Å². The van der Waals surface area contributed by atoms with Gasteiger partial charge in [-0.25, -0.2) is 0 Å². The summed E-state index contributed by atoms with van der Waals surface area (Å²) in [4.78, 5) is 25.3. The van der Waals surface area contributed by atoms with Crippen molar-refractivity contribution in [3.8, 4) is 5.75 Å². The fourth-order valence-electron chi connectivity index (χ4n) is 2.29. The Balaban J connectivity index is 2.18. The summed E-state index contributed by atoms with van der Waals surface area (Å²) in [5, 5.41) is 5.63. The van der Waals surface area contributed by atoms with Crippen LogP contribution in [-0.2, 0) is 9.59 Å². The second kappa shape index (κ2) is 7.38. The Morgan fingerprint density at radius 1 is 0.920 bits per heavy atom. The van der Waals surface area contributed by atoms with Gasteiger partial charge in [-0.2, -0.15) is 0 Å². The molecule has 0 radical (unpaired) electrons. The maximum Gasteiger partial charge on any atom is 0.239 e. The van der Waals surface area contributed by atoms with E-state index >= 15 is 0 Å². The van der Waals surface area contributed by atoms with Gasteiger partial charge in [0.05, 0.1) is 12.8 Å². The molecule has 0 aliphatic carbocycles. The largest absolute Gasteiger partial charge is 0.495 e. The maximum atomic E-state index is 12.7. The molecule has 0 saturated heterocycles. The van der Waals surface area contributed by atoms with E-state index in [1.165, 1.54) is 7.11 Å². The topological polar surface area (TPSA) is 67.4 Å². The summed E-state index contributed by atoms with van der Waals surface area (Å²) in [5.41, 5.74) is 1.91. The second-order valence-corrected chi connectivity index (χ2v) is 6.55. The van der Waals surface area contributed by atoms with E-state index in [4.69, 9.17) is 4.74 Å². The van der Waals surface area contributed by atoms with Gasteiger partial charge in [0.2, 0.25) is 11.8 Å². The number of amides is 2. The summed E-state index contributed by atoms with van der Waals surface area (Å²) in [6, 6.07) is 12.9. The minimum Gasteiger partial charge on any atom is -0.495 e. The summed E-state index contributed by atoms with van der Waals surface area (Å²) in [6.45, 7) is 7.02. The molecule has 0 heterocycles. The third-order valence-corrected chi connectivity index (χ3v) is 4.13. The number of ether oxygens (including phenoxy) is 1. The van der Waals surface area contributed by atoms with Gasteiger partial charge in [0.1, 0.15) is 11.2 Å². The molecular formula is C20H24N2O3. The molecule has 5 nitrogen and oxygen atoms in total. The first-order valence-electron chi connectivity index (χ1n) is 8.09. The number of aryl methyl sites for hydroxylation is 2. The molecule has 0 atom stereocenters. The Labute approximate surface area is 148 Å². The minimum atomic E-state index is -1.25. The molecule has 132 valence electrons. The number of hydrogen-bond acceptors (Lipinski definition) is 3. The van der Waals surface area contributed by atoms with Gasteiger partial charge < -0.3 is 15.4 Å². The molecular weight excluding hydrogens is 316 g/mol. The Morgan fingerprint density at radius 2 is 1.52 bits per heavy atom. The molecule has 0 bridgehead atoms. The molecule has 0 spiro atoms. The Morgan fingerprint density at radius 3 is 2.12 bits per heavy atom. The van der Waals surface area contributed by atoms with E-state index in [0.717, 1.165) is 11.1 Å². The van der Waals surface area contributed by atoms with E-state index in [2.05, 4.69) is 10.6 Å². The van der Waals surface area contributed by atoms with Crippen molar-refractivity contribution in [2.24, 2.45) is 5.41 Å². The van der Waals surface area contributed by atoms with Crippen LogP contribution in [0, 0.1) is 19.3 Å². The predicted molar refractivity (Wildman–Crippen MR) is 100.0 cm³/mol. The van der Waals surface area contributed by atoms with Gasteiger partial charge in [-0.05, 0) is 57.0 Å².